The highest BCUT2D eigenvalue weighted by atomic mass is 35.5. The number of imide groups is 1. The molecule has 0 saturated carbocycles. The van der Waals surface area contributed by atoms with Crippen LogP contribution in [0.5, 0.6) is 5.75 Å². The van der Waals surface area contributed by atoms with E-state index in [1.54, 1.807) is 45.0 Å². The summed E-state index contributed by atoms with van der Waals surface area (Å²) in [6, 6.07) is 13.6. The van der Waals surface area contributed by atoms with Gasteiger partial charge in [0, 0.05) is 18.2 Å². The van der Waals surface area contributed by atoms with Crippen molar-refractivity contribution in [3.63, 3.8) is 0 Å². The van der Waals surface area contributed by atoms with Crippen LogP contribution in [0.2, 0.25) is 10.0 Å². The molecule has 2 aromatic carbocycles. The van der Waals surface area contributed by atoms with E-state index in [9.17, 15) is 20.1 Å². The lowest BCUT2D eigenvalue weighted by molar-refractivity contribution is -0.605. The molecule has 8 nitrogen and oxygen atoms in total. The number of aromatic nitrogens is 1. The van der Waals surface area contributed by atoms with Gasteiger partial charge in [-0.2, -0.15) is 9.99 Å². The molecule has 1 saturated heterocycles. The molecule has 1 aliphatic rings. The topological polar surface area (TPSA) is 101 Å². The van der Waals surface area contributed by atoms with Crippen molar-refractivity contribution in [3.05, 3.63) is 81.2 Å². The molecule has 4 rings (SSSR count). The van der Waals surface area contributed by atoms with Gasteiger partial charge >= 0.3 is 6.03 Å². The summed E-state index contributed by atoms with van der Waals surface area (Å²) in [4.78, 5) is 29.1. The van der Waals surface area contributed by atoms with Crippen molar-refractivity contribution in [1.29, 1.82) is 5.26 Å². The van der Waals surface area contributed by atoms with Crippen LogP contribution in [-0.4, -0.2) is 35.5 Å². The number of nitrogens with zero attached hydrogens (tertiary/aromatic N) is 4. The Labute approximate surface area is 224 Å². The Hall–Kier alpha value is -3.80. The zero-order valence-corrected chi connectivity index (χ0v) is 22.0. The van der Waals surface area contributed by atoms with Crippen LogP contribution in [-0.2, 0) is 4.79 Å². The van der Waals surface area contributed by atoms with E-state index >= 15 is 0 Å². The van der Waals surface area contributed by atoms with Crippen molar-refractivity contribution in [1.82, 2.24) is 4.90 Å². The summed E-state index contributed by atoms with van der Waals surface area (Å²) < 4.78 is 6.48. The number of halogens is 2. The minimum absolute atomic E-state index is 0.222. The Kier molecular flexibility index (Phi) is 7.30. The Balaban J connectivity index is 1.40. The molecule has 3 amide bonds. The van der Waals surface area contributed by atoms with Gasteiger partial charge in [-0.05, 0) is 62.6 Å². The van der Waals surface area contributed by atoms with Crippen LogP contribution in [0.4, 0.5) is 10.5 Å². The van der Waals surface area contributed by atoms with Gasteiger partial charge in [-0.3, -0.25) is 4.79 Å². The molecule has 2 heterocycles. The maximum Gasteiger partial charge on any atom is 0.332 e. The fourth-order valence-corrected chi connectivity index (χ4v) is 4.73. The van der Waals surface area contributed by atoms with E-state index in [1.165, 1.54) is 23.4 Å². The number of hydrogen-bond donors (Lipinski definition) is 0. The van der Waals surface area contributed by atoms with E-state index in [0.29, 0.717) is 46.3 Å². The first kappa shape index (κ1) is 26.3. The summed E-state index contributed by atoms with van der Waals surface area (Å²) in [5.74, 6) is 0.280. The molecule has 1 fully saturated rings. The third-order valence-electron chi connectivity index (χ3n) is 6.39. The molecule has 0 N–H and O–H groups in total. The highest BCUT2D eigenvalue weighted by molar-refractivity contribution is 6.34. The maximum absolute atomic E-state index is 13.3. The number of nitriles is 1. The second-order valence-corrected chi connectivity index (χ2v) is 9.89. The summed E-state index contributed by atoms with van der Waals surface area (Å²) in [7, 11) is 0. The van der Waals surface area contributed by atoms with E-state index in [-0.39, 0.29) is 16.5 Å². The minimum atomic E-state index is -1.05. The molecule has 190 valence electrons. The van der Waals surface area contributed by atoms with E-state index in [2.05, 4.69) is 0 Å². The van der Waals surface area contributed by atoms with Crippen molar-refractivity contribution in [2.45, 2.75) is 32.7 Å². The van der Waals surface area contributed by atoms with Crippen molar-refractivity contribution in [2.24, 2.45) is 0 Å². The van der Waals surface area contributed by atoms with E-state index in [0.717, 1.165) is 16.0 Å². The second kappa shape index (κ2) is 10.3. The zero-order chi connectivity index (χ0) is 26.9. The number of pyridine rings is 1. The van der Waals surface area contributed by atoms with Crippen LogP contribution in [0.3, 0.4) is 0 Å². The van der Waals surface area contributed by atoms with Crippen LogP contribution >= 0.6 is 23.2 Å². The number of rotatable bonds is 7. The summed E-state index contributed by atoms with van der Waals surface area (Å²) in [5.41, 5.74) is 1.68. The normalized spacial score (nSPS) is 14.7. The van der Waals surface area contributed by atoms with Crippen LogP contribution < -0.4 is 14.4 Å². The molecule has 0 radical (unpaired) electrons. The zero-order valence-electron chi connectivity index (χ0n) is 20.5. The second-order valence-electron chi connectivity index (χ2n) is 9.11. The Morgan fingerprint density at radius 1 is 1.11 bits per heavy atom. The molecule has 0 atom stereocenters. The number of hydrogen-bond acceptors (Lipinski definition) is 5. The average Bonchev–Trinajstić information content (AvgIpc) is 3.03. The van der Waals surface area contributed by atoms with Gasteiger partial charge in [0.2, 0.25) is 0 Å². The van der Waals surface area contributed by atoms with E-state index in [4.69, 9.17) is 27.9 Å². The summed E-state index contributed by atoms with van der Waals surface area (Å²) in [5, 5.41) is 21.1. The summed E-state index contributed by atoms with van der Waals surface area (Å²) >= 11 is 12.4. The lowest BCUT2D eigenvalue weighted by Gasteiger charge is -2.27. The standard InChI is InChI=1S/C27H24Cl2N4O4/c1-17-23(10-7-19(15-30)24(17)29)33-25(34)27(2,3)32(26(33)35)12-4-14-37-20-8-5-18(6-9-20)21-11-13-31(36)16-22(21)28/h5-11,13,16H,4,12,14H2,1-3H3. The van der Waals surface area contributed by atoms with Crippen molar-refractivity contribution >= 4 is 40.8 Å². The SMILES string of the molecule is Cc1c(N2C(=O)N(CCCOc3ccc(-c4cc[n+]([O-])cc4Cl)cc3)C(C)(C)C2=O)ccc(C#N)c1Cl. The number of ether oxygens (including phenoxy) is 1. The lowest BCUT2D eigenvalue weighted by atomic mass is 10.0. The summed E-state index contributed by atoms with van der Waals surface area (Å²) in [6.07, 6.45) is 3.18. The minimum Gasteiger partial charge on any atom is -0.619 e. The van der Waals surface area contributed by atoms with Gasteiger partial charge in [-0.1, -0.05) is 35.3 Å². The van der Waals surface area contributed by atoms with Gasteiger partial charge < -0.3 is 14.8 Å². The largest absolute Gasteiger partial charge is 0.619 e. The van der Waals surface area contributed by atoms with Gasteiger partial charge in [0.15, 0.2) is 12.4 Å². The number of amides is 3. The number of benzene rings is 2. The monoisotopic (exact) mass is 538 g/mol. The van der Waals surface area contributed by atoms with Crippen molar-refractivity contribution in [2.75, 3.05) is 18.1 Å². The van der Waals surface area contributed by atoms with E-state index in [1.807, 2.05) is 18.2 Å². The lowest BCUT2D eigenvalue weighted by Crippen LogP contribution is -2.44. The Bertz CT molecular complexity index is 1420. The van der Waals surface area contributed by atoms with Crippen LogP contribution in [0.15, 0.2) is 54.9 Å². The smallest absolute Gasteiger partial charge is 0.332 e. The van der Waals surface area contributed by atoms with Gasteiger partial charge in [-0.25, -0.2) is 9.69 Å². The first-order valence-electron chi connectivity index (χ1n) is 11.5. The molecule has 1 aromatic heterocycles. The van der Waals surface area contributed by atoms with Crippen molar-refractivity contribution in [3.8, 4) is 22.9 Å². The number of anilines is 1. The molecule has 0 unspecified atom stereocenters. The molecule has 3 aromatic rings. The quantitative estimate of drug-likeness (QED) is 0.171. The maximum atomic E-state index is 13.3. The molecule has 1 aliphatic heterocycles. The van der Waals surface area contributed by atoms with E-state index < -0.39 is 11.6 Å². The summed E-state index contributed by atoms with van der Waals surface area (Å²) in [6.45, 7) is 5.73. The fraction of sp³-hybridized carbons (Fsp3) is 0.259. The predicted molar refractivity (Wildman–Crippen MR) is 141 cm³/mol. The Morgan fingerprint density at radius 3 is 2.46 bits per heavy atom. The molecule has 0 spiro atoms. The first-order chi connectivity index (χ1) is 17.6. The van der Waals surface area contributed by atoms with Gasteiger partial charge in [-0.15, -0.1) is 0 Å². The van der Waals surface area contributed by atoms with Crippen LogP contribution in [0.1, 0.15) is 31.4 Å². The van der Waals surface area contributed by atoms with Crippen LogP contribution in [0, 0.1) is 23.5 Å². The third-order valence-corrected chi connectivity index (χ3v) is 7.18. The molecular formula is C27H24Cl2N4O4. The predicted octanol–water partition coefficient (Wildman–Crippen LogP) is 5.49. The number of urea groups is 1. The third kappa shape index (κ3) is 4.93. The van der Waals surface area contributed by atoms with Gasteiger partial charge in [0.05, 0.1) is 22.9 Å². The first-order valence-corrected chi connectivity index (χ1v) is 12.3. The molecular weight excluding hydrogens is 515 g/mol. The van der Waals surface area contributed by atoms with Gasteiger partial charge in [0.1, 0.15) is 22.4 Å². The van der Waals surface area contributed by atoms with Crippen molar-refractivity contribution < 1.29 is 19.1 Å². The average molecular weight is 539 g/mol. The fourth-order valence-electron chi connectivity index (χ4n) is 4.26. The molecule has 10 heteroatoms. The number of carbonyl (C=O) groups is 2. The highest BCUT2D eigenvalue weighted by Crippen LogP contribution is 2.37. The number of carbonyl (C=O) groups excluding carboxylic acids is 2. The molecule has 0 bridgehead atoms. The molecule has 0 aliphatic carbocycles. The Morgan fingerprint density at radius 2 is 1.81 bits per heavy atom. The van der Waals surface area contributed by atoms with Crippen LogP contribution in [0.25, 0.3) is 11.1 Å². The highest BCUT2D eigenvalue weighted by Gasteiger charge is 2.51. The van der Waals surface area contributed by atoms with Gasteiger partial charge in [0.25, 0.3) is 5.91 Å². The molecule has 37 heavy (non-hydrogen) atoms.